The fourth-order valence-corrected chi connectivity index (χ4v) is 2.24. The van der Waals surface area contributed by atoms with E-state index in [2.05, 4.69) is 24.5 Å². The molecule has 5 heteroatoms. The summed E-state index contributed by atoms with van der Waals surface area (Å²) in [7, 11) is 0. The largest absolute Gasteiger partial charge is 0.486 e. The van der Waals surface area contributed by atoms with Crippen LogP contribution in [0.15, 0.2) is 18.2 Å². The zero-order valence-corrected chi connectivity index (χ0v) is 12.2. The highest BCUT2D eigenvalue weighted by molar-refractivity contribution is 5.74. The number of benzene rings is 1. The van der Waals surface area contributed by atoms with Crippen molar-refractivity contribution in [3.8, 4) is 11.5 Å². The van der Waals surface area contributed by atoms with Gasteiger partial charge in [-0.15, -0.1) is 0 Å². The summed E-state index contributed by atoms with van der Waals surface area (Å²) in [6.07, 6.45) is 0. The van der Waals surface area contributed by atoms with Crippen molar-refractivity contribution in [3.05, 3.63) is 23.8 Å². The molecule has 0 bridgehead atoms. The van der Waals surface area contributed by atoms with E-state index in [0.717, 1.165) is 17.1 Å². The van der Waals surface area contributed by atoms with Gasteiger partial charge in [-0.1, -0.05) is 19.9 Å². The summed E-state index contributed by atoms with van der Waals surface area (Å²) in [6.45, 7) is 7.80. The Kier molecular flexibility index (Phi) is 4.71. The molecule has 1 aromatic rings. The summed E-state index contributed by atoms with van der Waals surface area (Å²) >= 11 is 0. The fourth-order valence-electron chi connectivity index (χ4n) is 2.24. The van der Waals surface area contributed by atoms with Crippen molar-refractivity contribution in [2.75, 3.05) is 19.8 Å². The molecule has 1 heterocycles. The van der Waals surface area contributed by atoms with Gasteiger partial charge in [0.05, 0.1) is 6.04 Å². The van der Waals surface area contributed by atoms with Crippen LogP contribution >= 0.6 is 0 Å². The lowest BCUT2D eigenvalue weighted by Crippen LogP contribution is -2.39. The number of carbonyl (C=O) groups excluding carboxylic acids is 1. The van der Waals surface area contributed by atoms with E-state index < -0.39 is 0 Å². The van der Waals surface area contributed by atoms with Gasteiger partial charge in [0.25, 0.3) is 0 Å². The number of ether oxygens (including phenoxy) is 2. The molecule has 0 aromatic heterocycles. The first kappa shape index (κ1) is 14.5. The lowest BCUT2D eigenvalue weighted by molar-refractivity contribution is 0.171. The lowest BCUT2D eigenvalue weighted by Gasteiger charge is -2.25. The maximum Gasteiger partial charge on any atom is 0.315 e. The van der Waals surface area contributed by atoms with Gasteiger partial charge in [-0.3, -0.25) is 0 Å². The molecule has 110 valence electrons. The highest BCUT2D eigenvalue weighted by atomic mass is 16.6. The van der Waals surface area contributed by atoms with Gasteiger partial charge in [0.1, 0.15) is 13.2 Å². The number of hydrogen-bond acceptors (Lipinski definition) is 3. The summed E-state index contributed by atoms with van der Waals surface area (Å²) < 4.78 is 11.1. The topological polar surface area (TPSA) is 59.6 Å². The molecule has 1 aliphatic rings. The van der Waals surface area contributed by atoms with E-state index in [1.54, 1.807) is 0 Å². The van der Waals surface area contributed by atoms with Gasteiger partial charge in [-0.05, 0) is 30.5 Å². The Bertz CT molecular complexity index is 474. The molecule has 0 aliphatic carbocycles. The molecule has 0 fully saturated rings. The number of urea groups is 1. The molecule has 0 unspecified atom stereocenters. The minimum Gasteiger partial charge on any atom is -0.486 e. The van der Waals surface area contributed by atoms with Crippen molar-refractivity contribution in [3.63, 3.8) is 0 Å². The normalized spacial score (nSPS) is 14.8. The molecule has 1 aromatic carbocycles. The monoisotopic (exact) mass is 278 g/mol. The standard InChI is InChI=1S/C15H22N2O3/c1-4-16-15(18)17-14(10(2)3)11-5-6-12-13(9-11)20-8-7-19-12/h5-6,9-10,14H,4,7-8H2,1-3H3,(H2,16,17,18)/t14-/m1/s1. The maximum atomic E-state index is 11.7. The van der Waals surface area contributed by atoms with E-state index in [9.17, 15) is 4.79 Å². The third kappa shape index (κ3) is 3.35. The molecular formula is C15H22N2O3. The first-order valence-corrected chi connectivity index (χ1v) is 7.05. The van der Waals surface area contributed by atoms with Gasteiger partial charge in [-0.25, -0.2) is 4.79 Å². The first-order chi connectivity index (χ1) is 9.61. The second-order valence-electron chi connectivity index (χ2n) is 5.13. The molecule has 5 nitrogen and oxygen atoms in total. The second kappa shape index (κ2) is 6.50. The summed E-state index contributed by atoms with van der Waals surface area (Å²) in [5, 5.41) is 5.75. The quantitative estimate of drug-likeness (QED) is 0.889. The summed E-state index contributed by atoms with van der Waals surface area (Å²) in [6, 6.07) is 5.62. The number of fused-ring (bicyclic) bond motifs is 1. The average Bonchev–Trinajstić information content (AvgIpc) is 2.44. The number of amides is 2. The average molecular weight is 278 g/mol. The fraction of sp³-hybridized carbons (Fsp3) is 0.533. The number of hydrogen-bond donors (Lipinski definition) is 2. The van der Waals surface area contributed by atoms with E-state index >= 15 is 0 Å². The maximum absolute atomic E-state index is 11.7. The number of nitrogens with one attached hydrogen (secondary N) is 2. The van der Waals surface area contributed by atoms with E-state index in [1.165, 1.54) is 0 Å². The summed E-state index contributed by atoms with van der Waals surface area (Å²) in [5.74, 6) is 1.79. The molecule has 2 N–H and O–H groups in total. The Labute approximate surface area is 119 Å². The predicted molar refractivity (Wildman–Crippen MR) is 77.2 cm³/mol. The van der Waals surface area contributed by atoms with Crippen molar-refractivity contribution in [2.24, 2.45) is 5.92 Å². The van der Waals surface area contributed by atoms with Crippen LogP contribution in [0.3, 0.4) is 0 Å². The van der Waals surface area contributed by atoms with Crippen LogP contribution in [0.25, 0.3) is 0 Å². The van der Waals surface area contributed by atoms with Crippen molar-refractivity contribution in [1.82, 2.24) is 10.6 Å². The zero-order valence-electron chi connectivity index (χ0n) is 12.2. The van der Waals surface area contributed by atoms with Crippen LogP contribution < -0.4 is 20.1 Å². The van der Waals surface area contributed by atoms with Crippen LogP contribution in [0.1, 0.15) is 32.4 Å². The molecule has 0 saturated heterocycles. The lowest BCUT2D eigenvalue weighted by atomic mass is 9.95. The molecule has 20 heavy (non-hydrogen) atoms. The summed E-state index contributed by atoms with van der Waals surface area (Å²) in [4.78, 5) is 11.7. The third-order valence-electron chi connectivity index (χ3n) is 3.22. The number of carbonyl (C=O) groups is 1. The van der Waals surface area contributed by atoms with Crippen LogP contribution in [-0.2, 0) is 0 Å². The SMILES string of the molecule is CCNC(=O)N[C@@H](c1ccc2c(c1)OCCO2)C(C)C. The Morgan fingerprint density at radius 3 is 2.60 bits per heavy atom. The van der Waals surface area contributed by atoms with Gasteiger partial charge < -0.3 is 20.1 Å². The third-order valence-corrected chi connectivity index (χ3v) is 3.22. The first-order valence-electron chi connectivity index (χ1n) is 7.05. The Balaban J connectivity index is 2.18. The highest BCUT2D eigenvalue weighted by Gasteiger charge is 2.21. The molecule has 1 aliphatic heterocycles. The minimum atomic E-state index is -0.152. The Hall–Kier alpha value is -1.91. The van der Waals surface area contributed by atoms with Crippen molar-refractivity contribution < 1.29 is 14.3 Å². The van der Waals surface area contributed by atoms with Crippen molar-refractivity contribution in [2.45, 2.75) is 26.8 Å². The minimum absolute atomic E-state index is 0.0580. The van der Waals surface area contributed by atoms with Gasteiger partial charge in [-0.2, -0.15) is 0 Å². The predicted octanol–water partition coefficient (Wildman–Crippen LogP) is 2.47. The van der Waals surface area contributed by atoms with E-state index in [1.807, 2.05) is 25.1 Å². The summed E-state index contributed by atoms with van der Waals surface area (Å²) in [5.41, 5.74) is 1.02. The van der Waals surface area contributed by atoms with E-state index in [4.69, 9.17) is 9.47 Å². The molecule has 0 radical (unpaired) electrons. The van der Waals surface area contributed by atoms with E-state index in [-0.39, 0.29) is 18.0 Å². The van der Waals surface area contributed by atoms with Crippen LogP contribution in [0.4, 0.5) is 4.79 Å². The molecule has 0 saturated carbocycles. The van der Waals surface area contributed by atoms with Gasteiger partial charge >= 0.3 is 6.03 Å². The van der Waals surface area contributed by atoms with Crippen LogP contribution in [0.5, 0.6) is 11.5 Å². The zero-order chi connectivity index (χ0) is 14.5. The van der Waals surface area contributed by atoms with Crippen molar-refractivity contribution >= 4 is 6.03 Å². The van der Waals surface area contributed by atoms with Gasteiger partial charge in [0.2, 0.25) is 0 Å². The Morgan fingerprint density at radius 1 is 1.25 bits per heavy atom. The van der Waals surface area contributed by atoms with Gasteiger partial charge in [0.15, 0.2) is 11.5 Å². The second-order valence-corrected chi connectivity index (χ2v) is 5.13. The van der Waals surface area contributed by atoms with Crippen LogP contribution in [0, 0.1) is 5.92 Å². The van der Waals surface area contributed by atoms with E-state index in [0.29, 0.717) is 19.8 Å². The highest BCUT2D eigenvalue weighted by Crippen LogP contribution is 2.34. The molecule has 2 amide bonds. The number of rotatable bonds is 4. The smallest absolute Gasteiger partial charge is 0.315 e. The molecule has 0 spiro atoms. The molecule has 1 atom stereocenters. The molecular weight excluding hydrogens is 256 g/mol. The van der Waals surface area contributed by atoms with Crippen LogP contribution in [-0.4, -0.2) is 25.8 Å². The van der Waals surface area contributed by atoms with Crippen LogP contribution in [0.2, 0.25) is 0 Å². The van der Waals surface area contributed by atoms with Gasteiger partial charge in [0, 0.05) is 6.54 Å². The molecule has 2 rings (SSSR count). The Morgan fingerprint density at radius 2 is 1.95 bits per heavy atom. The van der Waals surface area contributed by atoms with Crippen molar-refractivity contribution in [1.29, 1.82) is 0 Å².